The minimum absolute atomic E-state index is 0.116. The molecule has 1 aromatic rings. The number of rotatable bonds is 3. The zero-order valence-corrected chi connectivity index (χ0v) is 9.44. The zero-order chi connectivity index (χ0) is 12.3. The molecule has 0 saturated carbocycles. The van der Waals surface area contributed by atoms with E-state index in [0.29, 0.717) is 11.3 Å². The van der Waals surface area contributed by atoms with Crippen molar-refractivity contribution in [3.8, 4) is 0 Å². The number of benzene rings is 1. The van der Waals surface area contributed by atoms with Crippen molar-refractivity contribution in [1.29, 1.82) is 0 Å². The van der Waals surface area contributed by atoms with E-state index in [1.165, 1.54) is 6.07 Å². The topological polar surface area (TPSA) is 24.1 Å². The molecule has 0 amide bonds. The predicted molar refractivity (Wildman–Crippen MR) is 58.5 cm³/mol. The molecule has 5 heteroatoms. The van der Waals surface area contributed by atoms with Crippen molar-refractivity contribution in [2.45, 2.75) is 19.1 Å². The summed E-state index contributed by atoms with van der Waals surface area (Å²) >= 11 is 0. The van der Waals surface area contributed by atoms with Gasteiger partial charge in [0, 0.05) is 18.8 Å². The molecule has 1 rings (SSSR count). The van der Waals surface area contributed by atoms with E-state index in [4.69, 9.17) is 0 Å². The van der Waals surface area contributed by atoms with E-state index in [0.717, 1.165) is 6.07 Å². The average molecular weight is 232 g/mol. The van der Waals surface area contributed by atoms with Crippen LogP contribution in [0.15, 0.2) is 18.2 Å². The molecule has 0 saturated heterocycles. The Kier molecular flexibility index (Phi) is 3.80. The summed E-state index contributed by atoms with van der Waals surface area (Å²) in [5, 5.41) is 5.65. The molecule has 2 N–H and O–H groups in total. The first kappa shape index (κ1) is 12.8. The minimum atomic E-state index is -4.31. The molecule has 0 radical (unpaired) electrons. The molecule has 0 aliphatic rings. The van der Waals surface area contributed by atoms with Gasteiger partial charge in [0.05, 0.1) is 5.56 Å². The fourth-order valence-electron chi connectivity index (χ4n) is 1.38. The second-order valence-corrected chi connectivity index (χ2v) is 3.60. The quantitative estimate of drug-likeness (QED) is 0.837. The van der Waals surface area contributed by atoms with Gasteiger partial charge in [-0.05, 0) is 37.7 Å². The van der Waals surface area contributed by atoms with Crippen molar-refractivity contribution in [3.05, 3.63) is 29.3 Å². The molecule has 90 valence electrons. The van der Waals surface area contributed by atoms with Crippen molar-refractivity contribution in [2.24, 2.45) is 0 Å². The summed E-state index contributed by atoms with van der Waals surface area (Å²) in [6.45, 7) is 1.81. The highest BCUT2D eigenvalue weighted by Crippen LogP contribution is 2.33. The summed E-state index contributed by atoms with van der Waals surface area (Å²) < 4.78 is 37.8. The van der Waals surface area contributed by atoms with Gasteiger partial charge < -0.3 is 10.6 Å². The van der Waals surface area contributed by atoms with E-state index in [9.17, 15) is 13.2 Å². The Morgan fingerprint density at radius 1 is 1.12 bits per heavy atom. The highest BCUT2D eigenvalue weighted by molar-refractivity contribution is 5.49. The molecule has 0 aliphatic heterocycles. The minimum Gasteiger partial charge on any atom is -0.388 e. The number of hydrogen-bond acceptors (Lipinski definition) is 2. The molecule has 16 heavy (non-hydrogen) atoms. The van der Waals surface area contributed by atoms with Gasteiger partial charge in [0.25, 0.3) is 0 Å². The summed E-state index contributed by atoms with van der Waals surface area (Å²) in [4.78, 5) is 0. The molecular formula is C11H15F3N2. The fraction of sp³-hybridized carbons (Fsp3) is 0.455. The Bertz CT molecular complexity index is 361. The van der Waals surface area contributed by atoms with Gasteiger partial charge in [-0.3, -0.25) is 0 Å². The SMILES string of the molecule is CNc1cc([C@@H](C)NC)cc(C(F)(F)F)c1. The van der Waals surface area contributed by atoms with Gasteiger partial charge in [-0.25, -0.2) is 0 Å². The van der Waals surface area contributed by atoms with Crippen LogP contribution in [0.5, 0.6) is 0 Å². The van der Waals surface area contributed by atoms with Crippen LogP contribution in [0, 0.1) is 0 Å². The Morgan fingerprint density at radius 2 is 1.75 bits per heavy atom. The zero-order valence-electron chi connectivity index (χ0n) is 9.44. The number of anilines is 1. The van der Waals surface area contributed by atoms with Gasteiger partial charge in [-0.1, -0.05) is 0 Å². The lowest BCUT2D eigenvalue weighted by molar-refractivity contribution is -0.137. The monoisotopic (exact) mass is 232 g/mol. The highest BCUT2D eigenvalue weighted by atomic mass is 19.4. The number of alkyl halides is 3. The van der Waals surface area contributed by atoms with Crippen LogP contribution < -0.4 is 10.6 Å². The van der Waals surface area contributed by atoms with Crippen LogP contribution in [-0.2, 0) is 6.18 Å². The smallest absolute Gasteiger partial charge is 0.388 e. The number of hydrogen-bond donors (Lipinski definition) is 2. The summed E-state index contributed by atoms with van der Waals surface area (Å²) in [5.74, 6) is 0. The van der Waals surface area contributed by atoms with Gasteiger partial charge in [-0.2, -0.15) is 13.2 Å². The third-order valence-corrected chi connectivity index (χ3v) is 2.50. The third-order valence-electron chi connectivity index (χ3n) is 2.50. The molecule has 0 spiro atoms. The van der Waals surface area contributed by atoms with Gasteiger partial charge in [0.15, 0.2) is 0 Å². The standard InChI is InChI=1S/C11H15F3N2/c1-7(15-2)8-4-9(11(12,13)14)6-10(5-8)16-3/h4-7,15-16H,1-3H3/t7-/m1/s1. The number of halogens is 3. The van der Waals surface area contributed by atoms with Crippen molar-refractivity contribution < 1.29 is 13.2 Å². The van der Waals surface area contributed by atoms with Gasteiger partial charge >= 0.3 is 6.18 Å². The molecule has 2 nitrogen and oxygen atoms in total. The Hall–Kier alpha value is -1.23. The normalized spacial score (nSPS) is 13.6. The van der Waals surface area contributed by atoms with Crippen molar-refractivity contribution in [1.82, 2.24) is 5.32 Å². The molecule has 0 unspecified atom stereocenters. The fourth-order valence-corrected chi connectivity index (χ4v) is 1.38. The van der Waals surface area contributed by atoms with E-state index in [2.05, 4.69) is 10.6 Å². The molecule has 0 bridgehead atoms. The van der Waals surface area contributed by atoms with Crippen LogP contribution in [0.25, 0.3) is 0 Å². The van der Waals surface area contributed by atoms with Crippen LogP contribution in [-0.4, -0.2) is 14.1 Å². The van der Waals surface area contributed by atoms with E-state index in [1.54, 1.807) is 20.2 Å². The molecule has 0 aromatic heterocycles. The van der Waals surface area contributed by atoms with E-state index >= 15 is 0 Å². The Labute approximate surface area is 92.9 Å². The lowest BCUT2D eigenvalue weighted by Crippen LogP contribution is -2.14. The third kappa shape index (κ3) is 2.88. The summed E-state index contributed by atoms with van der Waals surface area (Å²) in [6, 6.07) is 3.86. The molecule has 0 aliphatic carbocycles. The van der Waals surface area contributed by atoms with Crippen molar-refractivity contribution >= 4 is 5.69 Å². The lowest BCUT2D eigenvalue weighted by Gasteiger charge is -2.16. The first-order valence-electron chi connectivity index (χ1n) is 4.95. The molecule has 0 fully saturated rings. The molecule has 1 aromatic carbocycles. The van der Waals surface area contributed by atoms with Gasteiger partial charge in [0.1, 0.15) is 0 Å². The molecular weight excluding hydrogens is 217 g/mol. The average Bonchev–Trinajstić information content (AvgIpc) is 2.26. The maximum absolute atomic E-state index is 12.6. The lowest BCUT2D eigenvalue weighted by atomic mass is 10.0. The van der Waals surface area contributed by atoms with Crippen LogP contribution in [0.4, 0.5) is 18.9 Å². The second kappa shape index (κ2) is 4.74. The molecule has 1 atom stereocenters. The van der Waals surface area contributed by atoms with Gasteiger partial charge in [0.2, 0.25) is 0 Å². The van der Waals surface area contributed by atoms with E-state index < -0.39 is 11.7 Å². The number of nitrogens with one attached hydrogen (secondary N) is 2. The second-order valence-electron chi connectivity index (χ2n) is 3.60. The highest BCUT2D eigenvalue weighted by Gasteiger charge is 2.31. The van der Waals surface area contributed by atoms with Crippen LogP contribution in [0.1, 0.15) is 24.1 Å². The van der Waals surface area contributed by atoms with Crippen LogP contribution in [0.3, 0.4) is 0 Å². The van der Waals surface area contributed by atoms with Gasteiger partial charge in [-0.15, -0.1) is 0 Å². The first-order valence-corrected chi connectivity index (χ1v) is 4.95. The summed E-state index contributed by atoms with van der Waals surface area (Å²) in [5.41, 5.74) is 0.449. The van der Waals surface area contributed by atoms with Crippen molar-refractivity contribution in [3.63, 3.8) is 0 Å². The van der Waals surface area contributed by atoms with Crippen molar-refractivity contribution in [2.75, 3.05) is 19.4 Å². The Morgan fingerprint density at radius 3 is 2.19 bits per heavy atom. The summed E-state index contributed by atoms with van der Waals surface area (Å²) in [7, 11) is 3.31. The predicted octanol–water partition coefficient (Wildman–Crippen LogP) is 3.03. The van der Waals surface area contributed by atoms with E-state index in [1.807, 2.05) is 6.92 Å². The maximum Gasteiger partial charge on any atom is 0.416 e. The largest absolute Gasteiger partial charge is 0.416 e. The maximum atomic E-state index is 12.6. The molecule has 0 heterocycles. The van der Waals surface area contributed by atoms with Crippen LogP contribution in [0.2, 0.25) is 0 Å². The van der Waals surface area contributed by atoms with E-state index in [-0.39, 0.29) is 6.04 Å². The Balaban J connectivity index is 3.21. The van der Waals surface area contributed by atoms with Crippen LogP contribution >= 0.6 is 0 Å². The first-order chi connectivity index (χ1) is 7.38. The summed E-state index contributed by atoms with van der Waals surface area (Å²) in [6.07, 6.45) is -4.31.